The van der Waals surface area contributed by atoms with Crippen LogP contribution in [0, 0.1) is 17.8 Å². The van der Waals surface area contributed by atoms with Gasteiger partial charge in [0.25, 0.3) is 0 Å². The highest BCUT2D eigenvalue weighted by molar-refractivity contribution is 4.86. The quantitative estimate of drug-likeness (QED) is 0.819. The van der Waals surface area contributed by atoms with Crippen molar-refractivity contribution in [1.82, 2.24) is 10.2 Å². The van der Waals surface area contributed by atoms with Gasteiger partial charge in [0.05, 0.1) is 0 Å². The van der Waals surface area contributed by atoms with E-state index >= 15 is 0 Å². The maximum atomic E-state index is 3.68. The molecule has 2 heteroatoms. The normalized spacial score (nSPS) is 36.3. The van der Waals surface area contributed by atoms with Crippen LogP contribution in [0.15, 0.2) is 0 Å². The molecule has 0 spiro atoms. The Morgan fingerprint density at radius 2 is 1.79 bits per heavy atom. The third-order valence-electron chi connectivity index (χ3n) is 4.89. The summed E-state index contributed by atoms with van der Waals surface area (Å²) in [5, 5.41) is 3.68. The highest BCUT2D eigenvalue weighted by Gasteiger charge is 2.30. The lowest BCUT2D eigenvalue weighted by Crippen LogP contribution is -2.47. The van der Waals surface area contributed by atoms with Crippen LogP contribution in [0.1, 0.15) is 59.8 Å². The van der Waals surface area contributed by atoms with Crippen molar-refractivity contribution >= 4 is 0 Å². The number of nitrogens with one attached hydrogen (secondary N) is 1. The van der Waals surface area contributed by atoms with Gasteiger partial charge in [-0.1, -0.05) is 27.7 Å². The Hall–Kier alpha value is -0.0800. The van der Waals surface area contributed by atoms with Crippen molar-refractivity contribution < 1.29 is 0 Å². The first-order valence-corrected chi connectivity index (χ1v) is 8.52. The Morgan fingerprint density at radius 1 is 1.11 bits per heavy atom. The van der Waals surface area contributed by atoms with Crippen molar-refractivity contribution in [1.29, 1.82) is 0 Å². The number of hydrogen-bond acceptors (Lipinski definition) is 2. The van der Waals surface area contributed by atoms with E-state index in [2.05, 4.69) is 37.9 Å². The summed E-state index contributed by atoms with van der Waals surface area (Å²) in [4.78, 5) is 2.82. The molecule has 0 aromatic rings. The molecule has 112 valence electrons. The molecule has 1 aliphatic heterocycles. The van der Waals surface area contributed by atoms with Crippen LogP contribution >= 0.6 is 0 Å². The smallest absolute Gasteiger partial charge is 0.0195 e. The first-order chi connectivity index (χ1) is 9.04. The minimum atomic E-state index is 0.756. The molecule has 1 N–H and O–H groups in total. The molecule has 1 saturated heterocycles. The van der Waals surface area contributed by atoms with E-state index in [1.54, 1.807) is 0 Å². The van der Waals surface area contributed by atoms with E-state index in [-0.39, 0.29) is 0 Å². The molecule has 2 rings (SSSR count). The van der Waals surface area contributed by atoms with Gasteiger partial charge in [-0.15, -0.1) is 0 Å². The maximum Gasteiger partial charge on any atom is 0.0195 e. The SMILES string of the molecule is CC(C)CN(CC1CCCN1)C1CC(C)CC(C)C1. The van der Waals surface area contributed by atoms with Gasteiger partial charge in [-0.3, -0.25) is 4.90 Å². The zero-order valence-electron chi connectivity index (χ0n) is 13.5. The fourth-order valence-corrected chi connectivity index (χ4v) is 4.24. The third kappa shape index (κ3) is 4.75. The molecule has 0 bridgehead atoms. The van der Waals surface area contributed by atoms with Crippen LogP contribution in [0.25, 0.3) is 0 Å². The van der Waals surface area contributed by atoms with E-state index in [1.807, 2.05) is 0 Å². The summed E-state index contributed by atoms with van der Waals surface area (Å²) in [7, 11) is 0. The Kier molecular flexibility index (Phi) is 5.70. The molecule has 0 amide bonds. The summed E-state index contributed by atoms with van der Waals surface area (Å²) < 4.78 is 0. The van der Waals surface area contributed by atoms with Crippen LogP contribution in [0.5, 0.6) is 0 Å². The minimum Gasteiger partial charge on any atom is -0.313 e. The zero-order chi connectivity index (χ0) is 13.8. The van der Waals surface area contributed by atoms with Crippen molar-refractivity contribution in [3.63, 3.8) is 0 Å². The molecule has 2 fully saturated rings. The summed E-state index contributed by atoms with van der Waals surface area (Å²) in [6.07, 6.45) is 7.03. The van der Waals surface area contributed by atoms with Gasteiger partial charge in [-0.05, 0) is 56.4 Å². The topological polar surface area (TPSA) is 15.3 Å². The van der Waals surface area contributed by atoms with Gasteiger partial charge in [0.15, 0.2) is 0 Å². The molecule has 3 atom stereocenters. The second-order valence-corrected chi connectivity index (χ2v) is 7.71. The predicted octanol–water partition coefficient (Wildman–Crippen LogP) is 3.52. The van der Waals surface area contributed by atoms with Gasteiger partial charge in [0.2, 0.25) is 0 Å². The summed E-state index contributed by atoms with van der Waals surface area (Å²) in [6, 6.07) is 1.59. The zero-order valence-corrected chi connectivity index (χ0v) is 13.5. The largest absolute Gasteiger partial charge is 0.313 e. The maximum absolute atomic E-state index is 3.68. The van der Waals surface area contributed by atoms with E-state index in [1.165, 1.54) is 51.7 Å². The first-order valence-electron chi connectivity index (χ1n) is 8.52. The molecule has 2 nitrogen and oxygen atoms in total. The minimum absolute atomic E-state index is 0.756. The van der Waals surface area contributed by atoms with Gasteiger partial charge in [0, 0.05) is 25.2 Å². The summed E-state index contributed by atoms with van der Waals surface area (Å²) >= 11 is 0. The van der Waals surface area contributed by atoms with E-state index in [0.29, 0.717) is 0 Å². The number of nitrogens with zero attached hydrogens (tertiary/aromatic N) is 1. The number of rotatable bonds is 5. The lowest BCUT2D eigenvalue weighted by molar-refractivity contribution is 0.0906. The molecule has 19 heavy (non-hydrogen) atoms. The average molecular weight is 266 g/mol. The van der Waals surface area contributed by atoms with Crippen molar-refractivity contribution in [2.24, 2.45) is 17.8 Å². The molecular weight excluding hydrogens is 232 g/mol. The molecule has 0 radical (unpaired) electrons. The van der Waals surface area contributed by atoms with Crippen LogP contribution < -0.4 is 5.32 Å². The van der Waals surface area contributed by atoms with Crippen molar-refractivity contribution in [2.45, 2.75) is 71.9 Å². The van der Waals surface area contributed by atoms with Gasteiger partial charge < -0.3 is 5.32 Å². The monoisotopic (exact) mass is 266 g/mol. The molecule has 1 heterocycles. The Morgan fingerprint density at radius 3 is 2.32 bits per heavy atom. The van der Waals surface area contributed by atoms with Crippen LogP contribution in [0.4, 0.5) is 0 Å². The Labute approximate surface area is 120 Å². The highest BCUT2D eigenvalue weighted by atomic mass is 15.2. The lowest BCUT2D eigenvalue weighted by atomic mass is 9.79. The molecule has 2 aliphatic rings. The molecule has 0 aromatic carbocycles. The Balaban J connectivity index is 1.94. The van der Waals surface area contributed by atoms with Gasteiger partial charge >= 0.3 is 0 Å². The predicted molar refractivity (Wildman–Crippen MR) is 83.4 cm³/mol. The van der Waals surface area contributed by atoms with E-state index in [0.717, 1.165) is 29.8 Å². The van der Waals surface area contributed by atoms with Crippen molar-refractivity contribution in [3.8, 4) is 0 Å². The van der Waals surface area contributed by atoms with E-state index < -0.39 is 0 Å². The third-order valence-corrected chi connectivity index (χ3v) is 4.89. The van der Waals surface area contributed by atoms with E-state index in [4.69, 9.17) is 0 Å². The molecular formula is C17H34N2. The second kappa shape index (κ2) is 7.08. The van der Waals surface area contributed by atoms with Crippen molar-refractivity contribution in [2.75, 3.05) is 19.6 Å². The second-order valence-electron chi connectivity index (χ2n) is 7.71. The van der Waals surface area contributed by atoms with Gasteiger partial charge in [-0.25, -0.2) is 0 Å². The van der Waals surface area contributed by atoms with Crippen LogP contribution in [0.3, 0.4) is 0 Å². The highest BCUT2D eigenvalue weighted by Crippen LogP contribution is 2.32. The van der Waals surface area contributed by atoms with Gasteiger partial charge in [0.1, 0.15) is 0 Å². The Bertz CT molecular complexity index is 248. The molecule has 1 saturated carbocycles. The van der Waals surface area contributed by atoms with Crippen molar-refractivity contribution in [3.05, 3.63) is 0 Å². The standard InChI is InChI=1S/C17H34N2/c1-13(2)11-19(12-16-6-5-7-18-16)17-9-14(3)8-15(4)10-17/h13-18H,5-12H2,1-4H3. The average Bonchev–Trinajstić information content (AvgIpc) is 2.79. The van der Waals surface area contributed by atoms with Crippen LogP contribution in [-0.4, -0.2) is 36.6 Å². The van der Waals surface area contributed by atoms with E-state index in [9.17, 15) is 0 Å². The molecule has 0 aromatic heterocycles. The summed E-state index contributed by atoms with van der Waals surface area (Å²) in [5.41, 5.74) is 0. The number of hydrogen-bond donors (Lipinski definition) is 1. The lowest BCUT2D eigenvalue weighted by Gasteiger charge is -2.41. The first kappa shape index (κ1) is 15.3. The molecule has 3 unspecified atom stereocenters. The van der Waals surface area contributed by atoms with Crippen LogP contribution in [0.2, 0.25) is 0 Å². The van der Waals surface area contributed by atoms with Gasteiger partial charge in [-0.2, -0.15) is 0 Å². The fourth-order valence-electron chi connectivity index (χ4n) is 4.24. The van der Waals surface area contributed by atoms with Crippen LogP contribution in [-0.2, 0) is 0 Å². The molecule has 1 aliphatic carbocycles. The summed E-state index contributed by atoms with van der Waals surface area (Å²) in [6.45, 7) is 13.4. The summed E-state index contributed by atoms with van der Waals surface area (Å²) in [5.74, 6) is 2.62. The fraction of sp³-hybridized carbons (Fsp3) is 1.00.